The van der Waals surface area contributed by atoms with Crippen LogP contribution in [-0.4, -0.2) is 30.2 Å². The van der Waals surface area contributed by atoms with Gasteiger partial charge in [0.1, 0.15) is 29.3 Å². The Morgan fingerprint density at radius 3 is 3.00 bits per heavy atom. The lowest BCUT2D eigenvalue weighted by atomic mass is 10.2. The first-order valence-electron chi connectivity index (χ1n) is 6.83. The molecule has 0 aliphatic rings. The highest BCUT2D eigenvalue weighted by Gasteiger charge is 2.09. The largest absolute Gasteiger partial charge is 0.492 e. The van der Waals surface area contributed by atoms with Crippen LogP contribution in [0.5, 0.6) is 5.75 Å². The summed E-state index contributed by atoms with van der Waals surface area (Å²) in [5, 5.41) is 3.14. The molecule has 5 heteroatoms. The van der Waals surface area contributed by atoms with Crippen LogP contribution in [0.25, 0.3) is 10.2 Å². The molecule has 0 aliphatic heterocycles. The fraction of sp³-hybridized carbons (Fsp3) is 0.250. The monoisotopic (exact) mass is 299 g/mol. The fourth-order valence-corrected chi connectivity index (χ4v) is 2.92. The number of aryl methyl sites for hydroxylation is 1. The van der Waals surface area contributed by atoms with Crippen molar-refractivity contribution in [3.8, 4) is 5.75 Å². The summed E-state index contributed by atoms with van der Waals surface area (Å²) in [6.45, 7) is 3.46. The first kappa shape index (κ1) is 13.8. The van der Waals surface area contributed by atoms with Crippen LogP contribution in [0.4, 0.5) is 5.82 Å². The second-order valence-electron chi connectivity index (χ2n) is 4.92. The lowest BCUT2D eigenvalue weighted by molar-refractivity contribution is 0.325. The van der Waals surface area contributed by atoms with E-state index >= 15 is 0 Å². The third-order valence-corrected chi connectivity index (χ3v) is 4.11. The van der Waals surface area contributed by atoms with Gasteiger partial charge in [-0.15, -0.1) is 11.3 Å². The third-order valence-electron chi connectivity index (χ3n) is 3.29. The molecule has 2 aromatic heterocycles. The SMILES string of the molecule is Cc1cccc(OCCN(C)c2ncnc3sccc23)c1. The minimum atomic E-state index is 0.621. The van der Waals surface area contributed by atoms with Gasteiger partial charge in [0.25, 0.3) is 0 Å². The zero-order valence-corrected chi connectivity index (χ0v) is 12.9. The van der Waals surface area contributed by atoms with Crippen molar-refractivity contribution in [1.29, 1.82) is 0 Å². The number of ether oxygens (including phenoxy) is 1. The molecule has 0 fully saturated rings. The zero-order chi connectivity index (χ0) is 14.7. The molecule has 0 amide bonds. The average molecular weight is 299 g/mol. The van der Waals surface area contributed by atoms with E-state index in [1.165, 1.54) is 5.56 Å². The molecule has 0 aliphatic carbocycles. The molecule has 0 saturated heterocycles. The Hall–Kier alpha value is -2.14. The number of benzene rings is 1. The van der Waals surface area contributed by atoms with Gasteiger partial charge in [0.05, 0.1) is 11.9 Å². The molecule has 1 aromatic carbocycles. The number of likely N-dealkylation sites (N-methyl/N-ethyl adjacent to an activating group) is 1. The first-order valence-corrected chi connectivity index (χ1v) is 7.71. The summed E-state index contributed by atoms with van der Waals surface area (Å²) >= 11 is 1.63. The van der Waals surface area contributed by atoms with Gasteiger partial charge in [0, 0.05) is 7.05 Å². The van der Waals surface area contributed by atoms with Crippen LogP contribution in [0.15, 0.2) is 42.0 Å². The Labute approximate surface area is 128 Å². The lowest BCUT2D eigenvalue weighted by Crippen LogP contribution is -2.24. The quantitative estimate of drug-likeness (QED) is 0.722. The van der Waals surface area contributed by atoms with Gasteiger partial charge in [0.15, 0.2) is 0 Å². The number of thiophene rings is 1. The maximum atomic E-state index is 5.79. The highest BCUT2D eigenvalue weighted by atomic mass is 32.1. The van der Waals surface area contributed by atoms with Crippen LogP contribution in [-0.2, 0) is 0 Å². The van der Waals surface area contributed by atoms with Crippen molar-refractivity contribution in [2.75, 3.05) is 25.1 Å². The molecule has 0 atom stereocenters. The minimum absolute atomic E-state index is 0.621. The van der Waals surface area contributed by atoms with E-state index in [9.17, 15) is 0 Å². The average Bonchev–Trinajstić information content (AvgIpc) is 2.95. The summed E-state index contributed by atoms with van der Waals surface area (Å²) in [7, 11) is 2.03. The minimum Gasteiger partial charge on any atom is -0.492 e. The van der Waals surface area contributed by atoms with E-state index in [2.05, 4.69) is 33.9 Å². The van der Waals surface area contributed by atoms with Crippen molar-refractivity contribution in [3.05, 3.63) is 47.6 Å². The highest BCUT2D eigenvalue weighted by molar-refractivity contribution is 7.16. The zero-order valence-electron chi connectivity index (χ0n) is 12.1. The molecule has 4 nitrogen and oxygen atoms in total. The number of anilines is 1. The predicted octanol–water partition coefficient (Wildman–Crippen LogP) is 3.51. The summed E-state index contributed by atoms with van der Waals surface area (Å²) in [5.74, 6) is 1.86. The van der Waals surface area contributed by atoms with Crippen LogP contribution in [0.1, 0.15) is 5.56 Å². The molecular weight excluding hydrogens is 282 g/mol. The fourth-order valence-electron chi connectivity index (χ4n) is 2.19. The smallest absolute Gasteiger partial charge is 0.140 e. The molecule has 0 N–H and O–H groups in total. The van der Waals surface area contributed by atoms with Crippen molar-refractivity contribution >= 4 is 27.4 Å². The Kier molecular flexibility index (Phi) is 4.01. The maximum absolute atomic E-state index is 5.79. The highest BCUT2D eigenvalue weighted by Crippen LogP contribution is 2.25. The van der Waals surface area contributed by atoms with Crippen LogP contribution < -0.4 is 9.64 Å². The maximum Gasteiger partial charge on any atom is 0.140 e. The molecule has 21 heavy (non-hydrogen) atoms. The van der Waals surface area contributed by atoms with Crippen molar-refractivity contribution in [2.24, 2.45) is 0 Å². The number of aromatic nitrogens is 2. The Morgan fingerprint density at radius 2 is 2.14 bits per heavy atom. The van der Waals surface area contributed by atoms with Crippen LogP contribution in [0, 0.1) is 6.92 Å². The number of hydrogen-bond donors (Lipinski definition) is 0. The van der Waals surface area contributed by atoms with E-state index in [1.54, 1.807) is 17.7 Å². The summed E-state index contributed by atoms with van der Waals surface area (Å²) in [4.78, 5) is 11.8. The van der Waals surface area contributed by atoms with Crippen LogP contribution in [0.2, 0.25) is 0 Å². The topological polar surface area (TPSA) is 38.2 Å². The van der Waals surface area contributed by atoms with Gasteiger partial charge < -0.3 is 9.64 Å². The van der Waals surface area contributed by atoms with Gasteiger partial charge in [0.2, 0.25) is 0 Å². The Morgan fingerprint density at radius 1 is 1.24 bits per heavy atom. The van der Waals surface area contributed by atoms with Crippen molar-refractivity contribution in [3.63, 3.8) is 0 Å². The van der Waals surface area contributed by atoms with Gasteiger partial charge in [-0.2, -0.15) is 0 Å². The molecule has 0 radical (unpaired) electrons. The summed E-state index contributed by atoms with van der Waals surface area (Å²) in [5.41, 5.74) is 1.21. The Bertz CT molecular complexity index is 741. The van der Waals surface area contributed by atoms with E-state index in [0.717, 1.165) is 28.3 Å². The van der Waals surface area contributed by atoms with Gasteiger partial charge >= 0.3 is 0 Å². The van der Waals surface area contributed by atoms with E-state index in [1.807, 2.05) is 30.6 Å². The normalized spacial score (nSPS) is 10.8. The molecule has 2 heterocycles. The predicted molar refractivity (Wildman–Crippen MR) is 87.4 cm³/mol. The lowest BCUT2D eigenvalue weighted by Gasteiger charge is -2.19. The Balaban J connectivity index is 1.64. The van der Waals surface area contributed by atoms with Gasteiger partial charge in [-0.25, -0.2) is 9.97 Å². The van der Waals surface area contributed by atoms with Crippen LogP contribution in [0.3, 0.4) is 0 Å². The van der Waals surface area contributed by atoms with Crippen molar-refractivity contribution in [2.45, 2.75) is 6.92 Å². The summed E-state index contributed by atoms with van der Waals surface area (Å²) in [6, 6.07) is 10.2. The number of fused-ring (bicyclic) bond motifs is 1. The number of nitrogens with zero attached hydrogens (tertiary/aromatic N) is 3. The van der Waals surface area contributed by atoms with Gasteiger partial charge in [-0.05, 0) is 36.1 Å². The third kappa shape index (κ3) is 3.13. The summed E-state index contributed by atoms with van der Waals surface area (Å²) < 4.78 is 5.79. The van der Waals surface area contributed by atoms with Gasteiger partial charge in [-0.3, -0.25) is 0 Å². The molecule has 3 aromatic rings. The molecule has 0 unspecified atom stereocenters. The second kappa shape index (κ2) is 6.10. The van der Waals surface area contributed by atoms with Crippen molar-refractivity contribution in [1.82, 2.24) is 9.97 Å². The summed E-state index contributed by atoms with van der Waals surface area (Å²) in [6.07, 6.45) is 1.62. The van der Waals surface area contributed by atoms with E-state index < -0.39 is 0 Å². The number of hydrogen-bond acceptors (Lipinski definition) is 5. The molecule has 0 spiro atoms. The van der Waals surface area contributed by atoms with Crippen molar-refractivity contribution < 1.29 is 4.74 Å². The first-order chi connectivity index (χ1) is 10.2. The van der Waals surface area contributed by atoms with Gasteiger partial charge in [-0.1, -0.05) is 12.1 Å². The molecule has 0 bridgehead atoms. The van der Waals surface area contributed by atoms with E-state index in [0.29, 0.717) is 6.61 Å². The van der Waals surface area contributed by atoms with Crippen LogP contribution >= 0.6 is 11.3 Å². The standard InChI is InChI=1S/C16H17N3OS/c1-12-4-3-5-13(10-12)20-8-7-19(2)15-14-6-9-21-16(14)18-11-17-15/h3-6,9-11H,7-8H2,1-2H3. The molecule has 108 valence electrons. The molecule has 0 saturated carbocycles. The molecule has 3 rings (SSSR count). The van der Waals surface area contributed by atoms with E-state index in [-0.39, 0.29) is 0 Å². The number of rotatable bonds is 5. The molecular formula is C16H17N3OS. The second-order valence-corrected chi connectivity index (χ2v) is 5.82. The van der Waals surface area contributed by atoms with E-state index in [4.69, 9.17) is 4.74 Å².